The summed E-state index contributed by atoms with van der Waals surface area (Å²) in [5.41, 5.74) is 0.961. The minimum Gasteiger partial charge on any atom is -0.493 e. The van der Waals surface area contributed by atoms with Crippen molar-refractivity contribution in [2.24, 2.45) is 0 Å². The van der Waals surface area contributed by atoms with E-state index in [0.29, 0.717) is 22.8 Å². The summed E-state index contributed by atoms with van der Waals surface area (Å²) in [4.78, 5) is 17.4. The zero-order valence-electron chi connectivity index (χ0n) is 19.4. The van der Waals surface area contributed by atoms with Crippen LogP contribution in [0.25, 0.3) is 11.3 Å². The van der Waals surface area contributed by atoms with Gasteiger partial charge >= 0.3 is 0 Å². The van der Waals surface area contributed by atoms with Crippen LogP contribution in [0.2, 0.25) is 0 Å². The van der Waals surface area contributed by atoms with Gasteiger partial charge in [0, 0.05) is 29.1 Å². The summed E-state index contributed by atoms with van der Waals surface area (Å²) in [5.74, 6) is 0.735. The van der Waals surface area contributed by atoms with Crippen LogP contribution in [0.5, 0.6) is 11.5 Å². The first kappa shape index (κ1) is 27.4. The number of thiazole rings is 1. The van der Waals surface area contributed by atoms with E-state index in [1.54, 1.807) is 23.6 Å². The van der Waals surface area contributed by atoms with E-state index in [1.165, 1.54) is 54.1 Å². The molecule has 0 saturated carbocycles. The molecule has 10 nitrogen and oxygen atoms in total. The molecule has 1 saturated heterocycles. The van der Waals surface area contributed by atoms with Gasteiger partial charge in [-0.2, -0.15) is 0 Å². The number of hydrogen-bond acceptors (Lipinski definition) is 9. The molecule has 1 aliphatic rings. The molecule has 12 heteroatoms. The minimum absolute atomic E-state index is 0. The molecule has 3 aromatic rings. The molecule has 1 fully saturated rings. The zero-order valence-corrected chi connectivity index (χ0v) is 21.0. The molecule has 194 valence electrons. The van der Waals surface area contributed by atoms with Gasteiger partial charge in [0.2, 0.25) is 5.13 Å². The Bertz CT molecular complexity index is 1310. The Morgan fingerprint density at radius 1 is 1.08 bits per heavy atom. The molecule has 0 unspecified atom stereocenters. The number of benzene rings is 2. The van der Waals surface area contributed by atoms with Gasteiger partial charge in [-0.3, -0.25) is 15.0 Å². The van der Waals surface area contributed by atoms with Crippen LogP contribution in [0.3, 0.4) is 0 Å². The first-order valence-electron chi connectivity index (χ1n) is 11.0. The van der Waals surface area contributed by atoms with Crippen LogP contribution in [0, 0.1) is 10.1 Å². The third kappa shape index (κ3) is 5.77. The van der Waals surface area contributed by atoms with Crippen LogP contribution in [0.4, 0.5) is 10.8 Å². The van der Waals surface area contributed by atoms with Crippen LogP contribution >= 0.6 is 11.3 Å². The molecule has 2 heterocycles. The molecule has 0 amide bonds. The second kappa shape index (κ2) is 11.7. The Kier molecular flexibility index (Phi) is 8.88. The highest BCUT2D eigenvalue weighted by molar-refractivity contribution is 7.93. The fourth-order valence-corrected chi connectivity index (χ4v) is 6.38. The molecule has 1 aromatic heterocycles. The molecule has 36 heavy (non-hydrogen) atoms. The first-order chi connectivity index (χ1) is 16.8. The monoisotopic (exact) mass is 534 g/mol. The summed E-state index contributed by atoms with van der Waals surface area (Å²) in [7, 11) is -1.07. The highest BCUT2D eigenvalue weighted by Crippen LogP contribution is 2.35. The van der Waals surface area contributed by atoms with Crippen molar-refractivity contribution in [3.8, 4) is 22.8 Å². The Balaban J connectivity index is 0.00000361. The average molecular weight is 535 g/mol. The van der Waals surface area contributed by atoms with Gasteiger partial charge in [0.15, 0.2) is 11.5 Å². The molecule has 1 aliphatic heterocycles. The number of anilines is 1. The highest BCUT2D eigenvalue weighted by atomic mass is 32.2. The number of nitro benzene ring substituents is 1. The molecular formula is C24H30N4O6S2. The summed E-state index contributed by atoms with van der Waals surface area (Å²) < 4.78 is 39.5. The summed E-state index contributed by atoms with van der Waals surface area (Å²) in [6, 6.07) is 10.6. The lowest BCUT2D eigenvalue weighted by molar-refractivity contribution is -0.384. The summed E-state index contributed by atoms with van der Waals surface area (Å²) in [6.45, 7) is 1.74. The Morgan fingerprint density at radius 2 is 1.81 bits per heavy atom. The van der Waals surface area contributed by atoms with Gasteiger partial charge in [0.05, 0.1) is 36.4 Å². The number of methoxy groups -OCH3 is 2. The quantitative estimate of drug-likeness (QED) is 0.278. The van der Waals surface area contributed by atoms with E-state index in [1.807, 2.05) is 0 Å². The third-order valence-corrected chi connectivity index (χ3v) is 8.48. The molecular weight excluding hydrogens is 504 g/mol. The van der Waals surface area contributed by atoms with Gasteiger partial charge in [0.25, 0.3) is 15.7 Å². The molecule has 0 N–H and O–H groups in total. The maximum Gasteiger partial charge on any atom is 0.270 e. The van der Waals surface area contributed by atoms with Crippen LogP contribution in [-0.2, 0) is 10.0 Å². The van der Waals surface area contributed by atoms with Crippen molar-refractivity contribution in [3.05, 3.63) is 58.0 Å². The standard InChI is InChI=1S/C23H26N4O6S2.CH4/c1-32-21-10-9-19(14-22(21)33-2)35(30,31)26(16-25-11-4-3-5-12-25)23-24-20(15-34-23)17-7-6-8-18(13-17)27(28)29;/h6-10,13-15H,3-5,11-12,16H2,1-2H3;1H4. The van der Waals surface area contributed by atoms with Crippen molar-refractivity contribution in [2.45, 2.75) is 31.6 Å². The van der Waals surface area contributed by atoms with Crippen molar-refractivity contribution in [3.63, 3.8) is 0 Å². The smallest absolute Gasteiger partial charge is 0.270 e. The van der Waals surface area contributed by atoms with Gasteiger partial charge in [-0.1, -0.05) is 26.0 Å². The topological polar surface area (TPSA) is 115 Å². The Labute approximate surface area is 215 Å². The number of likely N-dealkylation sites (tertiary alicyclic amines) is 1. The van der Waals surface area contributed by atoms with Crippen LogP contribution < -0.4 is 13.8 Å². The number of ether oxygens (including phenoxy) is 2. The number of non-ortho nitro benzene ring substituents is 1. The fourth-order valence-electron chi connectivity index (χ4n) is 3.92. The van der Waals surface area contributed by atoms with Gasteiger partial charge in [-0.25, -0.2) is 17.7 Å². The number of aromatic nitrogens is 1. The van der Waals surface area contributed by atoms with Crippen molar-refractivity contribution < 1.29 is 22.8 Å². The van der Waals surface area contributed by atoms with Crippen molar-refractivity contribution in [2.75, 3.05) is 38.3 Å². The largest absolute Gasteiger partial charge is 0.493 e. The van der Waals surface area contributed by atoms with Gasteiger partial charge < -0.3 is 9.47 Å². The van der Waals surface area contributed by atoms with E-state index < -0.39 is 14.9 Å². The van der Waals surface area contributed by atoms with E-state index in [9.17, 15) is 18.5 Å². The lowest BCUT2D eigenvalue weighted by Crippen LogP contribution is -2.43. The molecule has 0 radical (unpaired) electrons. The first-order valence-corrected chi connectivity index (χ1v) is 13.3. The number of nitrogens with zero attached hydrogens (tertiary/aromatic N) is 4. The van der Waals surface area contributed by atoms with Crippen molar-refractivity contribution in [1.82, 2.24) is 9.88 Å². The Morgan fingerprint density at radius 3 is 2.47 bits per heavy atom. The number of piperidine rings is 1. The predicted octanol–water partition coefficient (Wildman–Crippen LogP) is 5.01. The number of sulfonamides is 1. The molecule has 2 aromatic carbocycles. The van der Waals surface area contributed by atoms with Gasteiger partial charge in [-0.15, -0.1) is 11.3 Å². The normalized spacial score (nSPS) is 14.1. The molecule has 0 aliphatic carbocycles. The molecule has 0 spiro atoms. The van der Waals surface area contributed by atoms with E-state index >= 15 is 0 Å². The lowest BCUT2D eigenvalue weighted by Gasteiger charge is -2.32. The predicted molar refractivity (Wildman–Crippen MR) is 140 cm³/mol. The molecule has 0 bridgehead atoms. The number of rotatable bonds is 9. The van der Waals surface area contributed by atoms with Crippen LogP contribution in [-0.4, -0.2) is 57.2 Å². The maximum atomic E-state index is 13.8. The summed E-state index contributed by atoms with van der Waals surface area (Å²) >= 11 is 1.18. The lowest BCUT2D eigenvalue weighted by atomic mass is 10.1. The van der Waals surface area contributed by atoms with E-state index in [2.05, 4.69) is 9.88 Å². The Hall–Kier alpha value is -3.22. The van der Waals surface area contributed by atoms with Gasteiger partial charge in [-0.05, 0) is 38.1 Å². The SMILES string of the molecule is C.COc1ccc(S(=O)(=O)N(CN2CCCCC2)c2nc(-c3cccc([N+](=O)[O-])c3)cs2)cc1OC. The zero-order chi connectivity index (χ0) is 25.0. The van der Waals surface area contributed by atoms with E-state index in [4.69, 9.17) is 9.47 Å². The number of hydrogen-bond donors (Lipinski definition) is 0. The second-order valence-corrected chi connectivity index (χ2v) is 10.7. The molecule has 0 atom stereocenters. The molecule has 4 rings (SSSR count). The number of nitro groups is 1. The summed E-state index contributed by atoms with van der Waals surface area (Å²) in [5, 5.41) is 13.2. The minimum atomic E-state index is -4.01. The van der Waals surface area contributed by atoms with Crippen molar-refractivity contribution >= 4 is 32.2 Å². The third-order valence-electron chi connectivity index (χ3n) is 5.78. The summed E-state index contributed by atoms with van der Waals surface area (Å²) in [6.07, 6.45) is 3.12. The van der Waals surface area contributed by atoms with Crippen LogP contribution in [0.1, 0.15) is 26.7 Å². The fraction of sp³-hybridized carbons (Fsp3) is 0.375. The van der Waals surface area contributed by atoms with E-state index in [-0.39, 0.29) is 29.8 Å². The van der Waals surface area contributed by atoms with Crippen molar-refractivity contribution in [1.29, 1.82) is 0 Å². The van der Waals surface area contributed by atoms with E-state index in [0.717, 1.165) is 32.4 Å². The average Bonchev–Trinajstić information content (AvgIpc) is 3.37. The maximum absolute atomic E-state index is 13.8. The second-order valence-electron chi connectivity index (χ2n) is 8.01. The van der Waals surface area contributed by atoms with Crippen LogP contribution in [0.15, 0.2) is 52.7 Å². The highest BCUT2D eigenvalue weighted by Gasteiger charge is 2.31. The van der Waals surface area contributed by atoms with Gasteiger partial charge in [0.1, 0.15) is 0 Å².